The summed E-state index contributed by atoms with van der Waals surface area (Å²) in [5.41, 5.74) is 2.19. The van der Waals surface area contributed by atoms with Gasteiger partial charge in [-0.1, -0.05) is 24.3 Å². The molecule has 0 spiro atoms. The Labute approximate surface area is 175 Å². The van der Waals surface area contributed by atoms with Crippen molar-refractivity contribution in [1.82, 2.24) is 15.5 Å². The Hall–Kier alpha value is -3.26. The Balaban J connectivity index is 1.40. The van der Waals surface area contributed by atoms with Gasteiger partial charge < -0.3 is 15.5 Å². The van der Waals surface area contributed by atoms with Gasteiger partial charge in [-0.05, 0) is 49.2 Å². The zero-order valence-corrected chi connectivity index (χ0v) is 16.8. The van der Waals surface area contributed by atoms with E-state index >= 15 is 0 Å². The third-order valence-electron chi connectivity index (χ3n) is 5.13. The first-order valence-electron chi connectivity index (χ1n) is 10.1. The number of nitrogens with zero attached hydrogens (tertiary/aromatic N) is 2. The van der Waals surface area contributed by atoms with Crippen LogP contribution in [0.25, 0.3) is 0 Å². The van der Waals surface area contributed by atoms with Crippen molar-refractivity contribution in [2.75, 3.05) is 26.2 Å². The number of likely N-dealkylation sites (tertiary alicyclic amines) is 1. The maximum atomic E-state index is 12.2. The molecule has 0 aliphatic carbocycles. The van der Waals surface area contributed by atoms with Crippen molar-refractivity contribution < 1.29 is 14.5 Å². The van der Waals surface area contributed by atoms with Gasteiger partial charge in [0.2, 0.25) is 5.91 Å². The lowest BCUT2D eigenvalue weighted by atomic mass is 10.1. The predicted molar refractivity (Wildman–Crippen MR) is 113 cm³/mol. The van der Waals surface area contributed by atoms with E-state index < -0.39 is 4.92 Å². The Bertz CT molecular complexity index is 875. The number of nitro benzene ring substituents is 1. The van der Waals surface area contributed by atoms with E-state index in [2.05, 4.69) is 15.5 Å². The number of carbonyl (C=O) groups excluding carboxylic acids is 2. The van der Waals surface area contributed by atoms with Gasteiger partial charge in [0.1, 0.15) is 0 Å². The summed E-state index contributed by atoms with van der Waals surface area (Å²) in [6.45, 7) is 4.09. The molecule has 158 valence electrons. The molecule has 2 N–H and O–H groups in total. The number of hydrogen-bond donors (Lipinski definition) is 2. The molecule has 1 fully saturated rings. The third-order valence-corrected chi connectivity index (χ3v) is 5.13. The lowest BCUT2D eigenvalue weighted by Crippen LogP contribution is -2.33. The second-order valence-electron chi connectivity index (χ2n) is 7.38. The van der Waals surface area contributed by atoms with Crippen LogP contribution in [-0.4, -0.2) is 47.8 Å². The number of amides is 2. The second kappa shape index (κ2) is 10.5. The Morgan fingerprint density at radius 2 is 1.57 bits per heavy atom. The van der Waals surface area contributed by atoms with E-state index in [4.69, 9.17) is 0 Å². The average Bonchev–Trinajstić information content (AvgIpc) is 3.26. The smallest absolute Gasteiger partial charge is 0.269 e. The molecule has 1 heterocycles. The highest BCUT2D eigenvalue weighted by molar-refractivity contribution is 5.94. The number of rotatable bonds is 9. The highest BCUT2D eigenvalue weighted by Crippen LogP contribution is 2.12. The van der Waals surface area contributed by atoms with Crippen molar-refractivity contribution in [3.8, 4) is 0 Å². The summed E-state index contributed by atoms with van der Waals surface area (Å²) in [6.07, 6.45) is 2.62. The predicted octanol–water partition coefficient (Wildman–Crippen LogP) is 2.28. The van der Waals surface area contributed by atoms with Crippen molar-refractivity contribution in [2.24, 2.45) is 0 Å². The molecular formula is C22H26N4O4. The van der Waals surface area contributed by atoms with Gasteiger partial charge in [-0.2, -0.15) is 0 Å². The number of carbonyl (C=O) groups is 2. The van der Waals surface area contributed by atoms with E-state index in [-0.39, 0.29) is 23.9 Å². The molecule has 0 saturated carbocycles. The molecule has 2 aromatic rings. The first kappa shape index (κ1) is 21.4. The van der Waals surface area contributed by atoms with Crippen LogP contribution in [0, 0.1) is 10.1 Å². The third kappa shape index (κ3) is 6.38. The minimum atomic E-state index is -0.471. The number of nitro groups is 1. The average molecular weight is 410 g/mol. The molecule has 8 nitrogen and oxygen atoms in total. The van der Waals surface area contributed by atoms with Gasteiger partial charge in [-0.3, -0.25) is 19.7 Å². The molecule has 0 bridgehead atoms. The molecule has 0 aromatic heterocycles. The van der Waals surface area contributed by atoms with Crippen LogP contribution >= 0.6 is 0 Å². The molecule has 1 aliphatic heterocycles. The van der Waals surface area contributed by atoms with Crippen molar-refractivity contribution in [3.05, 3.63) is 75.3 Å². The van der Waals surface area contributed by atoms with Crippen molar-refractivity contribution in [1.29, 1.82) is 0 Å². The van der Waals surface area contributed by atoms with Crippen LogP contribution in [0.4, 0.5) is 5.69 Å². The van der Waals surface area contributed by atoms with Crippen molar-refractivity contribution >= 4 is 17.5 Å². The first-order chi connectivity index (χ1) is 14.5. The fraction of sp³-hybridized carbons (Fsp3) is 0.364. The summed E-state index contributed by atoms with van der Waals surface area (Å²) in [4.78, 5) is 36.9. The van der Waals surface area contributed by atoms with E-state index in [9.17, 15) is 19.7 Å². The number of benzene rings is 2. The molecule has 30 heavy (non-hydrogen) atoms. The van der Waals surface area contributed by atoms with Crippen LogP contribution in [0.2, 0.25) is 0 Å². The quantitative estimate of drug-likeness (QED) is 0.487. The molecule has 0 unspecified atom stereocenters. The van der Waals surface area contributed by atoms with Gasteiger partial charge in [-0.25, -0.2) is 0 Å². The van der Waals surface area contributed by atoms with Gasteiger partial charge in [-0.15, -0.1) is 0 Å². The highest BCUT2D eigenvalue weighted by Gasteiger charge is 2.12. The summed E-state index contributed by atoms with van der Waals surface area (Å²) in [7, 11) is 0. The van der Waals surface area contributed by atoms with Crippen LogP contribution in [0.5, 0.6) is 0 Å². The molecule has 0 atom stereocenters. The number of non-ortho nitro benzene ring substituents is 1. The lowest BCUT2D eigenvalue weighted by Gasteiger charge is -2.14. The molecule has 1 saturated heterocycles. The number of nitrogens with one attached hydrogen (secondary N) is 2. The SMILES string of the molecule is O=C(Cc1ccc([N+](=O)[O-])cc1)NCc1ccc(C(=O)NCCN2CCCC2)cc1. The molecule has 1 aliphatic rings. The van der Waals surface area contributed by atoms with Crippen LogP contribution in [0.3, 0.4) is 0 Å². The minimum absolute atomic E-state index is 0.000620. The summed E-state index contributed by atoms with van der Waals surface area (Å²) >= 11 is 0. The summed E-state index contributed by atoms with van der Waals surface area (Å²) < 4.78 is 0. The molecule has 2 amide bonds. The summed E-state index contributed by atoms with van der Waals surface area (Å²) in [6, 6.07) is 13.1. The van der Waals surface area contributed by atoms with E-state index in [1.807, 2.05) is 12.1 Å². The van der Waals surface area contributed by atoms with Crippen molar-refractivity contribution in [3.63, 3.8) is 0 Å². The summed E-state index contributed by atoms with van der Waals surface area (Å²) in [5.74, 6) is -0.268. The summed E-state index contributed by atoms with van der Waals surface area (Å²) in [5, 5.41) is 16.4. The van der Waals surface area contributed by atoms with Crippen LogP contribution in [-0.2, 0) is 17.8 Å². The fourth-order valence-electron chi connectivity index (χ4n) is 3.39. The maximum absolute atomic E-state index is 12.2. The maximum Gasteiger partial charge on any atom is 0.269 e. The van der Waals surface area contributed by atoms with Crippen LogP contribution in [0.1, 0.15) is 34.3 Å². The van der Waals surface area contributed by atoms with Gasteiger partial charge in [0.15, 0.2) is 0 Å². The van der Waals surface area contributed by atoms with Gasteiger partial charge in [0.25, 0.3) is 11.6 Å². The van der Waals surface area contributed by atoms with Gasteiger partial charge in [0.05, 0.1) is 11.3 Å². The molecule has 8 heteroatoms. The van der Waals surface area contributed by atoms with E-state index in [1.165, 1.54) is 25.0 Å². The molecule has 0 radical (unpaired) electrons. The highest BCUT2D eigenvalue weighted by atomic mass is 16.6. The first-order valence-corrected chi connectivity index (χ1v) is 10.1. The van der Waals surface area contributed by atoms with Gasteiger partial charge >= 0.3 is 0 Å². The number of hydrogen-bond acceptors (Lipinski definition) is 5. The van der Waals surface area contributed by atoms with E-state index in [1.54, 1.807) is 24.3 Å². The van der Waals surface area contributed by atoms with E-state index in [0.29, 0.717) is 24.2 Å². The standard InChI is InChI=1S/C22H26N4O4/c27-21(15-17-5-9-20(10-6-17)26(29)30)24-16-18-3-7-19(8-4-18)22(28)23-11-14-25-12-1-2-13-25/h3-10H,1-2,11-16H2,(H,23,28)(H,24,27). The Morgan fingerprint density at radius 3 is 2.20 bits per heavy atom. The topological polar surface area (TPSA) is 105 Å². The van der Waals surface area contributed by atoms with E-state index in [0.717, 1.165) is 25.2 Å². The van der Waals surface area contributed by atoms with Crippen molar-refractivity contribution in [2.45, 2.75) is 25.8 Å². The van der Waals surface area contributed by atoms with Crippen LogP contribution < -0.4 is 10.6 Å². The zero-order valence-electron chi connectivity index (χ0n) is 16.8. The Kier molecular flexibility index (Phi) is 7.51. The fourth-order valence-corrected chi connectivity index (χ4v) is 3.39. The zero-order chi connectivity index (χ0) is 21.3. The minimum Gasteiger partial charge on any atom is -0.352 e. The largest absolute Gasteiger partial charge is 0.352 e. The second-order valence-corrected chi connectivity index (χ2v) is 7.38. The monoisotopic (exact) mass is 410 g/mol. The van der Waals surface area contributed by atoms with Crippen LogP contribution in [0.15, 0.2) is 48.5 Å². The molecular weight excluding hydrogens is 384 g/mol. The normalized spacial score (nSPS) is 13.7. The Morgan fingerprint density at radius 1 is 0.933 bits per heavy atom. The van der Waals surface area contributed by atoms with Gasteiger partial charge in [0, 0.05) is 37.3 Å². The molecule has 3 rings (SSSR count). The lowest BCUT2D eigenvalue weighted by molar-refractivity contribution is -0.384. The molecule has 2 aromatic carbocycles.